The van der Waals surface area contributed by atoms with Crippen molar-refractivity contribution in [3.8, 4) is 0 Å². The molecule has 0 spiro atoms. The maximum atomic E-state index is 5.66. The van der Waals surface area contributed by atoms with Crippen LogP contribution >= 0.6 is 11.6 Å². The number of hydrogen-bond donors (Lipinski definition) is 1. The fourth-order valence-corrected chi connectivity index (χ4v) is 0.881. The van der Waals surface area contributed by atoms with Crippen LogP contribution in [0.4, 0.5) is 0 Å². The summed E-state index contributed by atoms with van der Waals surface area (Å²) in [5.41, 5.74) is -0.0648. The molecule has 0 unspecified atom stereocenters. The lowest BCUT2D eigenvalue weighted by Crippen LogP contribution is -2.16. The van der Waals surface area contributed by atoms with Gasteiger partial charge in [0.2, 0.25) is 0 Å². The summed E-state index contributed by atoms with van der Waals surface area (Å²) in [6.07, 6.45) is 0.918. The van der Waals surface area contributed by atoms with Gasteiger partial charge in [0.05, 0.1) is 6.61 Å². The number of ether oxygens (including phenoxy) is 1. The zero-order valence-corrected chi connectivity index (χ0v) is 5.45. The van der Waals surface area contributed by atoms with Crippen LogP contribution in [-0.2, 0) is 4.74 Å². The molecule has 0 aromatic rings. The molecule has 1 atom stereocenters. The molecule has 0 aliphatic carbocycles. The van der Waals surface area contributed by atoms with Crippen molar-refractivity contribution in [1.82, 2.24) is 5.32 Å². The fraction of sp³-hybridized carbons (Fsp3) is 1.00. The van der Waals surface area contributed by atoms with Gasteiger partial charge in [0.1, 0.15) is 5.56 Å². The van der Waals surface area contributed by atoms with Gasteiger partial charge in [-0.05, 0) is 13.0 Å². The van der Waals surface area contributed by atoms with E-state index in [0.29, 0.717) is 0 Å². The van der Waals surface area contributed by atoms with Crippen LogP contribution in [0.3, 0.4) is 0 Å². The molecule has 8 heavy (non-hydrogen) atoms. The molecule has 2 nitrogen and oxygen atoms in total. The quantitative estimate of drug-likeness (QED) is 0.490. The topological polar surface area (TPSA) is 21.3 Å². The van der Waals surface area contributed by atoms with Gasteiger partial charge in [-0.25, -0.2) is 0 Å². The van der Waals surface area contributed by atoms with E-state index < -0.39 is 0 Å². The summed E-state index contributed by atoms with van der Waals surface area (Å²) in [7, 11) is 0. The molecular weight excluding hydrogens is 126 g/mol. The van der Waals surface area contributed by atoms with Crippen LogP contribution in [-0.4, -0.2) is 25.3 Å². The Hall–Kier alpha value is 0.210. The lowest BCUT2D eigenvalue weighted by Gasteiger charge is -2.02. The van der Waals surface area contributed by atoms with Crippen molar-refractivity contribution in [2.75, 3.05) is 19.7 Å². The Morgan fingerprint density at radius 1 is 1.50 bits per heavy atom. The molecule has 1 aliphatic rings. The summed E-state index contributed by atoms with van der Waals surface area (Å²) in [5, 5.41) is 3.17. The van der Waals surface area contributed by atoms with Crippen LogP contribution in [0.5, 0.6) is 0 Å². The van der Waals surface area contributed by atoms with Gasteiger partial charge >= 0.3 is 0 Å². The van der Waals surface area contributed by atoms with Crippen molar-refractivity contribution < 1.29 is 4.74 Å². The predicted molar refractivity (Wildman–Crippen MR) is 33.1 cm³/mol. The molecule has 1 heterocycles. The lowest BCUT2D eigenvalue weighted by molar-refractivity contribution is 0.121. The van der Waals surface area contributed by atoms with Crippen molar-refractivity contribution in [2.45, 2.75) is 12.0 Å². The molecule has 3 heteroatoms. The number of halogens is 1. The summed E-state index contributed by atoms with van der Waals surface area (Å²) in [6, 6.07) is 0. The summed E-state index contributed by atoms with van der Waals surface area (Å²) in [5.74, 6) is 0. The van der Waals surface area contributed by atoms with E-state index in [0.717, 1.165) is 26.1 Å². The van der Waals surface area contributed by atoms with Crippen molar-refractivity contribution in [1.29, 1.82) is 0 Å². The third-order valence-corrected chi connectivity index (χ3v) is 1.47. The lowest BCUT2D eigenvalue weighted by atomic mass is 10.4. The maximum absolute atomic E-state index is 5.66. The highest BCUT2D eigenvalue weighted by Gasteiger charge is 2.06. The zero-order valence-electron chi connectivity index (χ0n) is 4.69. The van der Waals surface area contributed by atoms with Gasteiger partial charge in [0, 0.05) is 6.54 Å². The van der Waals surface area contributed by atoms with Gasteiger partial charge < -0.3 is 10.1 Å². The third-order valence-electron chi connectivity index (χ3n) is 1.13. The first-order valence-corrected chi connectivity index (χ1v) is 3.29. The molecule has 0 radical (unpaired) electrons. The van der Waals surface area contributed by atoms with Crippen molar-refractivity contribution in [2.24, 2.45) is 0 Å². The first-order chi connectivity index (χ1) is 3.89. The first-order valence-electron chi connectivity index (χ1n) is 2.86. The van der Waals surface area contributed by atoms with Gasteiger partial charge in [-0.3, -0.25) is 0 Å². The molecular formula is C5H10ClNO. The molecule has 0 bridgehead atoms. The van der Waals surface area contributed by atoms with E-state index in [1.807, 2.05) is 0 Å². The van der Waals surface area contributed by atoms with Crippen molar-refractivity contribution in [3.05, 3.63) is 0 Å². The van der Waals surface area contributed by atoms with E-state index in [9.17, 15) is 0 Å². The van der Waals surface area contributed by atoms with E-state index in [1.54, 1.807) is 0 Å². The summed E-state index contributed by atoms with van der Waals surface area (Å²) >= 11 is 5.66. The number of alkyl halides is 1. The zero-order chi connectivity index (χ0) is 5.82. The monoisotopic (exact) mass is 135 g/mol. The standard InChI is InChI=1S/C5H10ClNO/c6-5-1-2-7-3-4-8-5/h5,7H,1-4H2/t5-/m1/s1. The first kappa shape index (κ1) is 6.33. The average molecular weight is 136 g/mol. The van der Waals surface area contributed by atoms with E-state index >= 15 is 0 Å². The molecule has 1 N–H and O–H groups in total. The van der Waals surface area contributed by atoms with Gasteiger partial charge in [0.15, 0.2) is 0 Å². The number of nitrogens with one attached hydrogen (secondary N) is 1. The van der Waals surface area contributed by atoms with Crippen LogP contribution in [0, 0.1) is 0 Å². The Morgan fingerprint density at radius 3 is 3.25 bits per heavy atom. The Labute approximate surface area is 54.2 Å². The Kier molecular flexibility index (Phi) is 2.59. The highest BCUT2D eigenvalue weighted by atomic mass is 35.5. The minimum Gasteiger partial charge on any atom is -0.361 e. The highest BCUT2D eigenvalue weighted by molar-refractivity contribution is 6.19. The Morgan fingerprint density at radius 2 is 2.38 bits per heavy atom. The third kappa shape index (κ3) is 1.99. The van der Waals surface area contributed by atoms with E-state index in [1.165, 1.54) is 0 Å². The smallest absolute Gasteiger partial charge is 0.132 e. The summed E-state index contributed by atoms with van der Waals surface area (Å²) in [4.78, 5) is 0. The van der Waals surface area contributed by atoms with Gasteiger partial charge in [-0.1, -0.05) is 11.6 Å². The highest BCUT2D eigenvalue weighted by Crippen LogP contribution is 2.03. The Bertz CT molecular complexity index is 61.4. The predicted octanol–water partition coefficient (Wildman–Crippen LogP) is 0.561. The van der Waals surface area contributed by atoms with Crippen LogP contribution in [0.1, 0.15) is 6.42 Å². The SMILES string of the molecule is Cl[C@H]1CCNCCO1. The molecule has 1 fully saturated rings. The molecule has 48 valence electrons. The molecule has 0 aromatic carbocycles. The summed E-state index contributed by atoms with van der Waals surface area (Å²) < 4.78 is 5.11. The molecule has 1 saturated heterocycles. The maximum Gasteiger partial charge on any atom is 0.132 e. The average Bonchev–Trinajstić information content (AvgIpc) is 1.94. The van der Waals surface area contributed by atoms with Gasteiger partial charge in [0.25, 0.3) is 0 Å². The van der Waals surface area contributed by atoms with Crippen LogP contribution < -0.4 is 5.32 Å². The second-order valence-corrected chi connectivity index (χ2v) is 2.31. The number of rotatable bonds is 0. The largest absolute Gasteiger partial charge is 0.361 e. The van der Waals surface area contributed by atoms with Crippen molar-refractivity contribution in [3.63, 3.8) is 0 Å². The second kappa shape index (κ2) is 3.28. The van der Waals surface area contributed by atoms with Crippen LogP contribution in [0.25, 0.3) is 0 Å². The second-order valence-electron chi connectivity index (χ2n) is 1.82. The number of hydrogen-bond acceptors (Lipinski definition) is 2. The normalized spacial score (nSPS) is 31.9. The minimum atomic E-state index is -0.0648. The Balaban J connectivity index is 2.17. The molecule has 1 rings (SSSR count). The van der Waals surface area contributed by atoms with Gasteiger partial charge in [-0.15, -0.1) is 0 Å². The molecule has 1 aliphatic heterocycles. The van der Waals surface area contributed by atoms with E-state index in [2.05, 4.69) is 5.32 Å². The van der Waals surface area contributed by atoms with E-state index in [4.69, 9.17) is 16.3 Å². The summed E-state index contributed by atoms with van der Waals surface area (Å²) in [6.45, 7) is 2.66. The minimum absolute atomic E-state index is 0.0648. The van der Waals surface area contributed by atoms with E-state index in [-0.39, 0.29) is 5.56 Å². The molecule has 0 aromatic heterocycles. The molecule has 0 amide bonds. The molecule has 0 saturated carbocycles. The fourth-order valence-electron chi connectivity index (χ4n) is 0.683. The van der Waals surface area contributed by atoms with Gasteiger partial charge in [-0.2, -0.15) is 0 Å². The van der Waals surface area contributed by atoms with Crippen LogP contribution in [0.15, 0.2) is 0 Å². The van der Waals surface area contributed by atoms with Crippen molar-refractivity contribution >= 4 is 11.6 Å². The van der Waals surface area contributed by atoms with Crippen LogP contribution in [0.2, 0.25) is 0 Å².